The average Bonchev–Trinajstić information content (AvgIpc) is 3.09. The van der Waals surface area contributed by atoms with Crippen molar-refractivity contribution in [1.29, 1.82) is 0 Å². The fourth-order valence-corrected chi connectivity index (χ4v) is 2.60. The second-order valence-corrected chi connectivity index (χ2v) is 5.48. The maximum absolute atomic E-state index is 5.38. The molecule has 3 aromatic rings. The molecule has 0 saturated carbocycles. The molecule has 24 heavy (non-hydrogen) atoms. The SMILES string of the molecule is CCc1cc(NC(C)c2ccc(OC)c(OC)c2)c2nncn2n1. The number of ether oxygens (including phenoxy) is 2. The molecule has 0 aliphatic carbocycles. The summed E-state index contributed by atoms with van der Waals surface area (Å²) in [5.74, 6) is 1.42. The van der Waals surface area contributed by atoms with Gasteiger partial charge in [-0.15, -0.1) is 10.2 Å². The molecule has 1 atom stereocenters. The van der Waals surface area contributed by atoms with Crippen molar-refractivity contribution in [2.24, 2.45) is 0 Å². The number of hydrogen-bond donors (Lipinski definition) is 1. The van der Waals surface area contributed by atoms with E-state index in [4.69, 9.17) is 9.47 Å². The summed E-state index contributed by atoms with van der Waals surface area (Å²) < 4.78 is 12.4. The Morgan fingerprint density at radius 3 is 2.67 bits per heavy atom. The highest BCUT2D eigenvalue weighted by molar-refractivity contribution is 5.67. The lowest BCUT2D eigenvalue weighted by atomic mass is 10.1. The summed E-state index contributed by atoms with van der Waals surface area (Å²) in [5, 5.41) is 16.0. The summed E-state index contributed by atoms with van der Waals surface area (Å²) in [6.45, 7) is 4.15. The van der Waals surface area contributed by atoms with Gasteiger partial charge >= 0.3 is 0 Å². The molecule has 7 heteroatoms. The number of nitrogens with one attached hydrogen (secondary N) is 1. The van der Waals surface area contributed by atoms with Crippen LogP contribution in [0.5, 0.6) is 11.5 Å². The van der Waals surface area contributed by atoms with E-state index in [2.05, 4.69) is 34.5 Å². The predicted octanol–water partition coefficient (Wildman–Crippen LogP) is 2.88. The number of methoxy groups -OCH3 is 2. The van der Waals surface area contributed by atoms with Gasteiger partial charge in [0.1, 0.15) is 6.33 Å². The molecule has 1 unspecified atom stereocenters. The van der Waals surface area contributed by atoms with Crippen molar-refractivity contribution < 1.29 is 9.47 Å². The molecule has 1 N–H and O–H groups in total. The minimum Gasteiger partial charge on any atom is -0.493 e. The Morgan fingerprint density at radius 1 is 1.17 bits per heavy atom. The smallest absolute Gasteiger partial charge is 0.200 e. The zero-order chi connectivity index (χ0) is 17.1. The van der Waals surface area contributed by atoms with Gasteiger partial charge in [-0.05, 0) is 37.1 Å². The molecule has 0 bridgehead atoms. The standard InChI is InChI=1S/C17H21N5O2/c1-5-13-9-14(17-20-18-10-22(17)21-13)19-11(2)12-6-7-15(23-3)16(8-12)24-4/h6-11,19H,5H2,1-4H3. The van der Waals surface area contributed by atoms with E-state index in [1.807, 2.05) is 24.3 Å². The van der Waals surface area contributed by atoms with Crippen molar-refractivity contribution in [2.45, 2.75) is 26.3 Å². The second-order valence-electron chi connectivity index (χ2n) is 5.48. The van der Waals surface area contributed by atoms with Crippen molar-refractivity contribution in [3.05, 3.63) is 41.9 Å². The second kappa shape index (κ2) is 6.74. The summed E-state index contributed by atoms with van der Waals surface area (Å²) >= 11 is 0. The summed E-state index contributed by atoms with van der Waals surface area (Å²) in [6.07, 6.45) is 2.45. The quantitative estimate of drug-likeness (QED) is 0.750. The van der Waals surface area contributed by atoms with E-state index in [1.54, 1.807) is 25.1 Å². The van der Waals surface area contributed by atoms with Crippen LogP contribution in [0.4, 0.5) is 5.69 Å². The van der Waals surface area contributed by atoms with Crippen molar-refractivity contribution in [2.75, 3.05) is 19.5 Å². The Hall–Kier alpha value is -2.83. The number of aromatic nitrogens is 4. The lowest BCUT2D eigenvalue weighted by Crippen LogP contribution is -2.10. The van der Waals surface area contributed by atoms with Gasteiger partial charge in [-0.3, -0.25) is 0 Å². The first-order valence-electron chi connectivity index (χ1n) is 7.84. The largest absolute Gasteiger partial charge is 0.493 e. The minimum atomic E-state index is 0.0532. The molecule has 2 heterocycles. The fraction of sp³-hybridized carbons (Fsp3) is 0.353. The van der Waals surface area contributed by atoms with Crippen LogP contribution in [0.3, 0.4) is 0 Å². The van der Waals surface area contributed by atoms with Gasteiger partial charge < -0.3 is 14.8 Å². The number of benzene rings is 1. The molecule has 0 saturated heterocycles. The monoisotopic (exact) mass is 327 g/mol. The highest BCUT2D eigenvalue weighted by atomic mass is 16.5. The lowest BCUT2D eigenvalue weighted by molar-refractivity contribution is 0.354. The third-order valence-electron chi connectivity index (χ3n) is 3.96. The summed E-state index contributed by atoms with van der Waals surface area (Å²) in [5.41, 5.74) is 3.67. The molecule has 0 spiro atoms. The molecule has 0 amide bonds. The molecule has 0 aliphatic heterocycles. The summed E-state index contributed by atoms with van der Waals surface area (Å²) in [4.78, 5) is 0. The molecular formula is C17H21N5O2. The van der Waals surface area contributed by atoms with E-state index >= 15 is 0 Å². The number of aryl methyl sites for hydroxylation is 1. The number of nitrogens with zero attached hydrogens (tertiary/aromatic N) is 4. The average molecular weight is 327 g/mol. The zero-order valence-electron chi connectivity index (χ0n) is 14.3. The van der Waals surface area contributed by atoms with Crippen LogP contribution in [0.1, 0.15) is 31.1 Å². The molecule has 126 valence electrons. The van der Waals surface area contributed by atoms with Crippen molar-refractivity contribution in [3.63, 3.8) is 0 Å². The Balaban J connectivity index is 1.92. The molecule has 0 aliphatic rings. The van der Waals surface area contributed by atoms with Crippen LogP contribution in [0.15, 0.2) is 30.6 Å². The van der Waals surface area contributed by atoms with Crippen LogP contribution in [0.25, 0.3) is 5.65 Å². The first-order valence-corrected chi connectivity index (χ1v) is 7.84. The number of rotatable bonds is 6. The van der Waals surface area contributed by atoms with Gasteiger partial charge in [-0.2, -0.15) is 9.61 Å². The van der Waals surface area contributed by atoms with Gasteiger partial charge in [0.15, 0.2) is 11.5 Å². The molecule has 0 radical (unpaired) electrons. The Morgan fingerprint density at radius 2 is 1.96 bits per heavy atom. The number of hydrogen-bond acceptors (Lipinski definition) is 6. The Labute approximate surface area is 140 Å². The lowest BCUT2D eigenvalue weighted by Gasteiger charge is -2.18. The van der Waals surface area contributed by atoms with Gasteiger partial charge in [-0.25, -0.2) is 0 Å². The van der Waals surface area contributed by atoms with E-state index < -0.39 is 0 Å². The molecule has 0 fully saturated rings. The van der Waals surface area contributed by atoms with Gasteiger partial charge in [-0.1, -0.05) is 13.0 Å². The first-order chi connectivity index (χ1) is 11.7. The van der Waals surface area contributed by atoms with E-state index in [0.717, 1.165) is 23.4 Å². The highest BCUT2D eigenvalue weighted by Gasteiger charge is 2.13. The van der Waals surface area contributed by atoms with Crippen LogP contribution in [-0.4, -0.2) is 34.0 Å². The van der Waals surface area contributed by atoms with Gasteiger partial charge in [0.25, 0.3) is 0 Å². The minimum absolute atomic E-state index is 0.0532. The van der Waals surface area contributed by atoms with Crippen molar-refractivity contribution >= 4 is 11.3 Å². The normalized spacial score (nSPS) is 12.2. The molecule has 7 nitrogen and oxygen atoms in total. The summed E-state index contributed by atoms with van der Waals surface area (Å²) in [6, 6.07) is 7.96. The Bertz CT molecular complexity index is 846. The molecule has 1 aromatic carbocycles. The number of anilines is 1. The maximum atomic E-state index is 5.38. The van der Waals surface area contributed by atoms with Gasteiger partial charge in [0.2, 0.25) is 5.65 Å². The van der Waals surface area contributed by atoms with E-state index in [9.17, 15) is 0 Å². The zero-order valence-corrected chi connectivity index (χ0v) is 14.3. The van der Waals surface area contributed by atoms with E-state index in [0.29, 0.717) is 17.1 Å². The van der Waals surface area contributed by atoms with E-state index in [-0.39, 0.29) is 6.04 Å². The van der Waals surface area contributed by atoms with Crippen molar-refractivity contribution in [1.82, 2.24) is 19.8 Å². The predicted molar refractivity (Wildman–Crippen MR) is 91.7 cm³/mol. The van der Waals surface area contributed by atoms with Crippen LogP contribution >= 0.6 is 0 Å². The maximum Gasteiger partial charge on any atom is 0.200 e. The Kier molecular flexibility index (Phi) is 4.50. The molecular weight excluding hydrogens is 306 g/mol. The number of fused-ring (bicyclic) bond motifs is 1. The van der Waals surface area contributed by atoms with Crippen LogP contribution in [0, 0.1) is 0 Å². The van der Waals surface area contributed by atoms with Crippen LogP contribution in [0.2, 0.25) is 0 Å². The molecule has 2 aromatic heterocycles. The highest BCUT2D eigenvalue weighted by Crippen LogP contribution is 2.31. The van der Waals surface area contributed by atoms with Gasteiger partial charge in [0, 0.05) is 6.04 Å². The van der Waals surface area contributed by atoms with Crippen molar-refractivity contribution in [3.8, 4) is 11.5 Å². The van der Waals surface area contributed by atoms with Crippen LogP contribution in [-0.2, 0) is 6.42 Å². The molecule has 3 rings (SSSR count). The first kappa shape index (κ1) is 16.0. The van der Waals surface area contributed by atoms with E-state index in [1.165, 1.54) is 0 Å². The third-order valence-corrected chi connectivity index (χ3v) is 3.96. The fourth-order valence-electron chi connectivity index (χ4n) is 2.60. The topological polar surface area (TPSA) is 73.6 Å². The third kappa shape index (κ3) is 2.97. The summed E-state index contributed by atoms with van der Waals surface area (Å²) in [7, 11) is 3.26. The van der Waals surface area contributed by atoms with Gasteiger partial charge in [0.05, 0.1) is 25.6 Å². The van der Waals surface area contributed by atoms with Crippen LogP contribution < -0.4 is 14.8 Å².